The quantitative estimate of drug-likeness (QED) is 0.820. The Balaban J connectivity index is 1.54. The first-order valence-electron chi connectivity index (χ1n) is 7.64. The van der Waals surface area contributed by atoms with Crippen LogP contribution >= 0.6 is 0 Å². The largest absolute Gasteiger partial charge is 0.378 e. The molecule has 1 saturated heterocycles. The molecule has 0 N–H and O–H groups in total. The molecule has 2 heterocycles. The number of amides is 1. The molecule has 0 saturated carbocycles. The molecule has 0 atom stereocenters. The standard InChI is InChI=1S/C16H20N4O3/c1-19(12-15(21)20-7-9-22-10-8-20)11-14-17-16(18-23-14)13-5-3-2-4-6-13/h2-6H,7-12H2,1H3. The van der Waals surface area contributed by atoms with E-state index in [2.05, 4.69) is 10.1 Å². The Kier molecular flexibility index (Phi) is 4.99. The minimum atomic E-state index is 0.0959. The molecule has 0 unspecified atom stereocenters. The molecule has 1 aliphatic rings. The maximum Gasteiger partial charge on any atom is 0.241 e. The Bertz CT molecular complexity index is 638. The number of ether oxygens (including phenoxy) is 1. The Morgan fingerprint density at radius 1 is 1.26 bits per heavy atom. The summed E-state index contributed by atoms with van der Waals surface area (Å²) >= 11 is 0. The van der Waals surface area contributed by atoms with Crippen LogP contribution in [0.2, 0.25) is 0 Å². The molecular weight excluding hydrogens is 296 g/mol. The maximum atomic E-state index is 12.2. The molecule has 122 valence electrons. The minimum absolute atomic E-state index is 0.0959. The van der Waals surface area contributed by atoms with Crippen molar-refractivity contribution in [2.75, 3.05) is 39.9 Å². The van der Waals surface area contributed by atoms with Gasteiger partial charge < -0.3 is 14.2 Å². The van der Waals surface area contributed by atoms with Gasteiger partial charge in [-0.15, -0.1) is 0 Å². The van der Waals surface area contributed by atoms with E-state index in [-0.39, 0.29) is 5.91 Å². The van der Waals surface area contributed by atoms with E-state index in [9.17, 15) is 4.79 Å². The molecule has 2 aromatic rings. The third-order valence-corrected chi connectivity index (χ3v) is 3.67. The number of carbonyl (C=O) groups excluding carboxylic acids is 1. The summed E-state index contributed by atoms with van der Waals surface area (Å²) in [5.41, 5.74) is 0.912. The second-order valence-corrected chi connectivity index (χ2v) is 5.54. The molecule has 1 amide bonds. The number of morpholine rings is 1. The predicted octanol–water partition coefficient (Wildman–Crippen LogP) is 1.03. The van der Waals surface area contributed by atoms with Crippen molar-refractivity contribution in [3.63, 3.8) is 0 Å². The number of hydrogen-bond donors (Lipinski definition) is 0. The fraction of sp³-hybridized carbons (Fsp3) is 0.438. The molecule has 0 bridgehead atoms. The number of rotatable bonds is 5. The van der Waals surface area contributed by atoms with Crippen molar-refractivity contribution in [1.82, 2.24) is 19.9 Å². The van der Waals surface area contributed by atoms with Crippen LogP contribution in [0.25, 0.3) is 11.4 Å². The van der Waals surface area contributed by atoms with E-state index >= 15 is 0 Å². The minimum Gasteiger partial charge on any atom is -0.378 e. The van der Waals surface area contributed by atoms with Crippen molar-refractivity contribution in [2.45, 2.75) is 6.54 Å². The average molecular weight is 316 g/mol. The van der Waals surface area contributed by atoms with E-state index in [1.54, 1.807) is 0 Å². The van der Waals surface area contributed by atoms with Crippen LogP contribution in [0.15, 0.2) is 34.9 Å². The first-order chi connectivity index (χ1) is 11.2. The molecule has 0 spiro atoms. The number of aromatic nitrogens is 2. The second kappa shape index (κ2) is 7.34. The molecule has 7 heteroatoms. The van der Waals surface area contributed by atoms with Crippen LogP contribution in [0.5, 0.6) is 0 Å². The number of nitrogens with zero attached hydrogens (tertiary/aromatic N) is 4. The zero-order chi connectivity index (χ0) is 16.1. The summed E-state index contributed by atoms with van der Waals surface area (Å²) in [5, 5.41) is 3.98. The fourth-order valence-corrected chi connectivity index (χ4v) is 2.45. The lowest BCUT2D eigenvalue weighted by Gasteiger charge is -2.28. The van der Waals surface area contributed by atoms with E-state index in [1.165, 1.54) is 0 Å². The van der Waals surface area contributed by atoms with Gasteiger partial charge in [-0.3, -0.25) is 9.69 Å². The normalized spacial score (nSPS) is 15.1. The van der Waals surface area contributed by atoms with Gasteiger partial charge in [0.15, 0.2) is 0 Å². The van der Waals surface area contributed by atoms with Gasteiger partial charge in [0.1, 0.15) is 0 Å². The molecule has 7 nitrogen and oxygen atoms in total. The van der Waals surface area contributed by atoms with Crippen molar-refractivity contribution >= 4 is 5.91 Å². The van der Waals surface area contributed by atoms with Crippen LogP contribution in [0.3, 0.4) is 0 Å². The van der Waals surface area contributed by atoms with Crippen molar-refractivity contribution in [3.05, 3.63) is 36.2 Å². The highest BCUT2D eigenvalue weighted by molar-refractivity contribution is 5.78. The van der Waals surface area contributed by atoms with Crippen LogP contribution in [0.1, 0.15) is 5.89 Å². The number of benzene rings is 1. The zero-order valence-corrected chi connectivity index (χ0v) is 13.1. The summed E-state index contributed by atoms with van der Waals surface area (Å²) in [6, 6.07) is 9.66. The molecule has 1 fully saturated rings. The lowest BCUT2D eigenvalue weighted by Crippen LogP contribution is -2.44. The molecular formula is C16H20N4O3. The summed E-state index contributed by atoms with van der Waals surface area (Å²) in [7, 11) is 1.87. The third-order valence-electron chi connectivity index (χ3n) is 3.67. The van der Waals surface area contributed by atoms with Gasteiger partial charge in [-0.25, -0.2) is 0 Å². The molecule has 3 rings (SSSR count). The summed E-state index contributed by atoms with van der Waals surface area (Å²) in [6.45, 7) is 3.30. The first kappa shape index (κ1) is 15.6. The van der Waals surface area contributed by atoms with Crippen LogP contribution in [-0.4, -0.2) is 65.7 Å². The van der Waals surface area contributed by atoms with Gasteiger partial charge in [0, 0.05) is 18.7 Å². The predicted molar refractivity (Wildman–Crippen MR) is 83.5 cm³/mol. The number of carbonyl (C=O) groups is 1. The molecule has 1 aromatic heterocycles. The SMILES string of the molecule is CN(CC(=O)N1CCOCC1)Cc1nc(-c2ccccc2)no1. The van der Waals surface area contributed by atoms with E-state index < -0.39 is 0 Å². The monoisotopic (exact) mass is 316 g/mol. The van der Waals surface area contributed by atoms with Crippen LogP contribution in [0, 0.1) is 0 Å². The third kappa shape index (κ3) is 4.14. The highest BCUT2D eigenvalue weighted by atomic mass is 16.5. The molecule has 1 aliphatic heterocycles. The highest BCUT2D eigenvalue weighted by Crippen LogP contribution is 2.15. The maximum absolute atomic E-state index is 12.2. The topological polar surface area (TPSA) is 71.7 Å². The Labute approximate surface area is 134 Å². The van der Waals surface area contributed by atoms with Gasteiger partial charge in [0.2, 0.25) is 17.6 Å². The van der Waals surface area contributed by atoms with Crippen molar-refractivity contribution < 1.29 is 14.1 Å². The van der Waals surface area contributed by atoms with Crippen LogP contribution in [-0.2, 0) is 16.1 Å². The van der Waals surface area contributed by atoms with Crippen LogP contribution < -0.4 is 0 Å². The molecule has 0 radical (unpaired) electrons. The van der Waals surface area contributed by atoms with E-state index in [0.717, 1.165) is 5.56 Å². The van der Waals surface area contributed by atoms with Gasteiger partial charge in [-0.1, -0.05) is 35.5 Å². The highest BCUT2D eigenvalue weighted by Gasteiger charge is 2.19. The average Bonchev–Trinajstić information content (AvgIpc) is 3.04. The summed E-state index contributed by atoms with van der Waals surface area (Å²) in [4.78, 5) is 20.3. The fourth-order valence-electron chi connectivity index (χ4n) is 2.45. The zero-order valence-electron chi connectivity index (χ0n) is 13.1. The van der Waals surface area contributed by atoms with Gasteiger partial charge in [-0.2, -0.15) is 4.98 Å². The lowest BCUT2D eigenvalue weighted by molar-refractivity contribution is -0.136. The Morgan fingerprint density at radius 2 is 2.00 bits per heavy atom. The molecule has 23 heavy (non-hydrogen) atoms. The van der Waals surface area contributed by atoms with Crippen molar-refractivity contribution in [3.8, 4) is 11.4 Å². The Hall–Kier alpha value is -2.25. The van der Waals surface area contributed by atoms with Gasteiger partial charge in [-0.05, 0) is 7.05 Å². The molecule has 0 aliphatic carbocycles. The van der Waals surface area contributed by atoms with Gasteiger partial charge in [0.05, 0.1) is 26.3 Å². The number of likely N-dealkylation sites (N-methyl/N-ethyl adjacent to an activating group) is 1. The van der Waals surface area contributed by atoms with Gasteiger partial charge in [0.25, 0.3) is 0 Å². The Morgan fingerprint density at radius 3 is 2.74 bits per heavy atom. The summed E-state index contributed by atoms with van der Waals surface area (Å²) in [5.74, 6) is 1.16. The first-order valence-corrected chi connectivity index (χ1v) is 7.64. The smallest absolute Gasteiger partial charge is 0.241 e. The molecule has 1 aromatic carbocycles. The lowest BCUT2D eigenvalue weighted by atomic mass is 10.2. The summed E-state index contributed by atoms with van der Waals surface area (Å²) in [6.07, 6.45) is 0. The van der Waals surface area contributed by atoms with Crippen molar-refractivity contribution in [1.29, 1.82) is 0 Å². The summed E-state index contributed by atoms with van der Waals surface area (Å²) < 4.78 is 10.5. The van der Waals surface area contributed by atoms with Crippen molar-refractivity contribution in [2.24, 2.45) is 0 Å². The van der Waals surface area contributed by atoms with Crippen LogP contribution in [0.4, 0.5) is 0 Å². The van der Waals surface area contributed by atoms with E-state index in [0.29, 0.717) is 51.1 Å². The second-order valence-electron chi connectivity index (χ2n) is 5.54. The van der Waals surface area contributed by atoms with Gasteiger partial charge >= 0.3 is 0 Å². The van der Waals surface area contributed by atoms with E-state index in [1.807, 2.05) is 47.2 Å². The van der Waals surface area contributed by atoms with E-state index in [4.69, 9.17) is 9.26 Å². The number of hydrogen-bond acceptors (Lipinski definition) is 6.